The van der Waals surface area contributed by atoms with Gasteiger partial charge in [-0.15, -0.1) is 0 Å². The molecule has 1 N–H and O–H groups in total. The topological polar surface area (TPSA) is 124 Å². The number of likely N-dealkylation sites (N-methyl/N-ethyl adjacent to an activating group) is 1. The van der Waals surface area contributed by atoms with E-state index in [1.54, 1.807) is 36.8 Å². The summed E-state index contributed by atoms with van der Waals surface area (Å²) in [5.41, 5.74) is 2.50. The van der Waals surface area contributed by atoms with Crippen molar-refractivity contribution in [2.75, 3.05) is 51.3 Å². The molecule has 0 aliphatic carbocycles. The summed E-state index contributed by atoms with van der Waals surface area (Å²) in [6.07, 6.45) is -1.85. The highest BCUT2D eigenvalue weighted by atomic mass is 35.5. The van der Waals surface area contributed by atoms with E-state index < -0.39 is 35.9 Å². The number of nitrogens with one attached hydrogen (secondary N) is 1. The molecule has 3 aliphatic heterocycles. The lowest BCUT2D eigenvalue weighted by Gasteiger charge is -2.42. The lowest BCUT2D eigenvalue weighted by atomic mass is 9.90. The van der Waals surface area contributed by atoms with Crippen LogP contribution in [0.15, 0.2) is 12.3 Å². The van der Waals surface area contributed by atoms with Gasteiger partial charge in [0.05, 0.1) is 30.0 Å². The van der Waals surface area contributed by atoms with Crippen molar-refractivity contribution in [3.8, 4) is 6.01 Å². The van der Waals surface area contributed by atoms with Crippen LogP contribution in [0.4, 0.5) is 23.8 Å². The molecule has 2 saturated heterocycles. The number of fused-ring (bicyclic) bond motifs is 2. The normalized spacial score (nSPS) is 21.5. The number of benzene rings is 1. The monoisotopic (exact) mass is 731 g/mol. The molecule has 3 atom stereocenters. The Morgan fingerprint density at radius 2 is 1.90 bits per heavy atom. The molecule has 5 heterocycles. The second-order valence-corrected chi connectivity index (χ2v) is 14.7. The van der Waals surface area contributed by atoms with E-state index in [-0.39, 0.29) is 51.2 Å². The zero-order valence-electron chi connectivity index (χ0n) is 29.2. The standard InChI is InChI=1S/C34H41ClF3N9O4/c1-19-12-25-22(15-40-43-25)27(28(19)35)26-13-24-23(17-47(26)32(49)51-33(2,3)4)29(42-31(41-24)50-18-20-8-7-9-44(20)6)45-10-11-46(21(16-45)14-39-5)30(48)34(36,37)38/h12,15,20-21,26H,7-11,13-14,16-18H2,1-4,6H3,(H,40,43)/t20-,21-,26?/m0/s1. The van der Waals surface area contributed by atoms with Crippen LogP contribution in [-0.2, 0) is 22.5 Å². The molecule has 0 bridgehead atoms. The van der Waals surface area contributed by atoms with Gasteiger partial charge in [0.1, 0.15) is 24.1 Å². The number of halogens is 4. The van der Waals surface area contributed by atoms with Crippen LogP contribution in [0.3, 0.4) is 0 Å². The van der Waals surface area contributed by atoms with E-state index in [9.17, 15) is 22.8 Å². The Hall–Kier alpha value is -4.36. The van der Waals surface area contributed by atoms with Crippen molar-refractivity contribution in [1.29, 1.82) is 0 Å². The van der Waals surface area contributed by atoms with Crippen molar-refractivity contribution in [3.05, 3.63) is 51.1 Å². The number of nitrogens with zero attached hydrogens (tertiary/aromatic N) is 8. The van der Waals surface area contributed by atoms with Gasteiger partial charge in [-0.25, -0.2) is 11.4 Å². The van der Waals surface area contributed by atoms with Gasteiger partial charge in [-0.2, -0.15) is 28.2 Å². The number of hydrogen-bond donors (Lipinski definition) is 1. The van der Waals surface area contributed by atoms with Gasteiger partial charge >= 0.3 is 24.2 Å². The maximum absolute atomic E-state index is 14.0. The molecule has 0 radical (unpaired) electrons. The second-order valence-electron chi connectivity index (χ2n) is 14.4. The van der Waals surface area contributed by atoms with Gasteiger partial charge in [-0.1, -0.05) is 11.6 Å². The number of likely N-dealkylation sites (tertiary alicyclic amines) is 1. The molecule has 3 aromatic rings. The molecule has 17 heteroatoms. The molecule has 1 unspecified atom stereocenters. The summed E-state index contributed by atoms with van der Waals surface area (Å²) in [7, 11) is 2.03. The number of carbonyl (C=O) groups excluding carboxylic acids is 2. The largest absolute Gasteiger partial charge is 0.471 e. The third-order valence-electron chi connectivity index (χ3n) is 9.67. The summed E-state index contributed by atoms with van der Waals surface area (Å²) in [6, 6.07) is 0.438. The Balaban J connectivity index is 1.45. The fourth-order valence-electron chi connectivity index (χ4n) is 7.15. The molecule has 6 rings (SSSR count). The predicted molar refractivity (Wildman–Crippen MR) is 182 cm³/mol. The van der Waals surface area contributed by atoms with E-state index in [0.717, 1.165) is 35.9 Å². The van der Waals surface area contributed by atoms with Crippen LogP contribution >= 0.6 is 11.6 Å². The van der Waals surface area contributed by atoms with E-state index in [0.29, 0.717) is 39.2 Å². The summed E-state index contributed by atoms with van der Waals surface area (Å²) in [6.45, 7) is 15.1. The van der Waals surface area contributed by atoms with Crippen LogP contribution in [0.5, 0.6) is 6.01 Å². The van der Waals surface area contributed by atoms with Crippen LogP contribution < -0.4 is 9.64 Å². The number of rotatable bonds is 6. The highest BCUT2D eigenvalue weighted by molar-refractivity contribution is 6.33. The third-order valence-corrected chi connectivity index (χ3v) is 10.2. The van der Waals surface area contributed by atoms with Crippen LogP contribution in [-0.4, -0.2) is 117 Å². The van der Waals surface area contributed by atoms with Crippen molar-refractivity contribution < 1.29 is 32.2 Å². The van der Waals surface area contributed by atoms with E-state index in [2.05, 4.69) is 19.9 Å². The van der Waals surface area contributed by atoms with Crippen molar-refractivity contribution in [1.82, 2.24) is 34.9 Å². The number of aromatic amines is 1. The number of piperazine rings is 1. The average Bonchev–Trinajstić information content (AvgIpc) is 3.70. The van der Waals surface area contributed by atoms with E-state index >= 15 is 0 Å². The third kappa shape index (κ3) is 7.50. The smallest absolute Gasteiger partial charge is 0.462 e. The van der Waals surface area contributed by atoms with Crippen LogP contribution in [0.25, 0.3) is 15.7 Å². The molecular formula is C34H41ClF3N9O4. The van der Waals surface area contributed by atoms with Crippen LogP contribution in [0.2, 0.25) is 5.02 Å². The number of alkyl halides is 3. The first-order valence-corrected chi connectivity index (χ1v) is 17.2. The minimum absolute atomic E-state index is 0.000206. The summed E-state index contributed by atoms with van der Waals surface area (Å²) in [4.78, 5) is 45.6. The van der Waals surface area contributed by atoms with E-state index in [1.807, 2.05) is 20.0 Å². The van der Waals surface area contributed by atoms with Gasteiger partial charge in [0, 0.05) is 53.6 Å². The summed E-state index contributed by atoms with van der Waals surface area (Å²) >= 11 is 7.00. The Labute approximate surface area is 298 Å². The highest BCUT2D eigenvalue weighted by Crippen LogP contribution is 2.43. The SMILES string of the molecule is [C-]#[N+]C[C@H]1CN(c2nc(OC[C@@H]3CCCN3C)nc3c2CN(C(=O)OC(C)(C)C)C(c2c(Cl)c(C)cc4[nH]ncc24)C3)CCN1C(=O)C(F)(F)F. The van der Waals surface area contributed by atoms with E-state index in [1.165, 1.54) is 0 Å². The maximum atomic E-state index is 14.0. The molecule has 2 amide bonds. The quantitative estimate of drug-likeness (QED) is 0.336. The van der Waals surface area contributed by atoms with Gasteiger partial charge < -0.3 is 29.0 Å². The molecule has 274 valence electrons. The molecule has 51 heavy (non-hydrogen) atoms. The molecule has 2 aromatic heterocycles. The lowest BCUT2D eigenvalue weighted by molar-refractivity contribution is -0.187. The lowest BCUT2D eigenvalue weighted by Crippen LogP contribution is -2.59. The van der Waals surface area contributed by atoms with Gasteiger partial charge in [0.15, 0.2) is 0 Å². The summed E-state index contributed by atoms with van der Waals surface area (Å²) in [5.74, 6) is -1.62. The summed E-state index contributed by atoms with van der Waals surface area (Å²) in [5, 5.41) is 8.42. The fourth-order valence-corrected chi connectivity index (χ4v) is 7.44. The number of anilines is 1. The van der Waals surface area contributed by atoms with Crippen molar-refractivity contribution in [2.45, 2.75) is 83.4 Å². The van der Waals surface area contributed by atoms with E-state index in [4.69, 9.17) is 37.6 Å². The average molecular weight is 732 g/mol. The van der Waals surface area contributed by atoms with Gasteiger partial charge in [0.2, 0.25) is 6.54 Å². The first-order chi connectivity index (χ1) is 24.1. The maximum Gasteiger partial charge on any atom is 0.471 e. The first kappa shape index (κ1) is 36.4. The van der Waals surface area contributed by atoms with Crippen LogP contribution in [0.1, 0.15) is 62.0 Å². The fraction of sp³-hybridized carbons (Fsp3) is 0.588. The number of H-pyrrole nitrogens is 1. The number of ether oxygens (including phenoxy) is 2. The number of aryl methyl sites for hydroxylation is 1. The highest BCUT2D eigenvalue weighted by Gasteiger charge is 2.48. The molecular weight excluding hydrogens is 691 g/mol. The number of hydrogen-bond acceptors (Lipinski definition) is 9. The number of amides is 2. The summed E-state index contributed by atoms with van der Waals surface area (Å²) < 4.78 is 52.7. The minimum Gasteiger partial charge on any atom is -0.462 e. The molecule has 2 fully saturated rings. The second kappa shape index (κ2) is 14.0. The number of aromatic nitrogens is 4. The van der Waals surface area contributed by atoms with Crippen molar-refractivity contribution >= 4 is 40.3 Å². The Morgan fingerprint density at radius 1 is 1.14 bits per heavy atom. The van der Waals surface area contributed by atoms with Gasteiger partial charge in [-0.05, 0) is 65.8 Å². The molecule has 3 aliphatic rings. The molecule has 1 aromatic carbocycles. The molecule has 0 saturated carbocycles. The minimum atomic E-state index is -5.08. The zero-order chi connectivity index (χ0) is 36.8. The van der Waals surface area contributed by atoms with Crippen molar-refractivity contribution in [2.24, 2.45) is 0 Å². The Kier molecular flexibility index (Phi) is 9.99. The van der Waals surface area contributed by atoms with Gasteiger partial charge in [-0.3, -0.25) is 14.8 Å². The zero-order valence-corrected chi connectivity index (χ0v) is 29.9. The Bertz CT molecular complexity index is 1860. The molecule has 0 spiro atoms. The number of carbonyl (C=O) groups is 2. The van der Waals surface area contributed by atoms with Crippen LogP contribution in [0, 0.1) is 13.5 Å². The molecule has 13 nitrogen and oxygen atoms in total. The first-order valence-electron chi connectivity index (χ1n) is 16.9. The van der Waals surface area contributed by atoms with Gasteiger partial charge in [0.25, 0.3) is 0 Å². The van der Waals surface area contributed by atoms with Crippen molar-refractivity contribution in [3.63, 3.8) is 0 Å². The predicted octanol–water partition coefficient (Wildman–Crippen LogP) is 5.32. The Morgan fingerprint density at radius 3 is 2.57 bits per heavy atom.